The van der Waals surface area contributed by atoms with Gasteiger partial charge in [0.1, 0.15) is 0 Å². The van der Waals surface area contributed by atoms with Gasteiger partial charge in [0.2, 0.25) is 0 Å². The van der Waals surface area contributed by atoms with E-state index in [0.717, 1.165) is 32.6 Å². The third kappa shape index (κ3) is 2.84. The van der Waals surface area contributed by atoms with Crippen molar-refractivity contribution in [3.8, 4) is 0 Å². The lowest BCUT2D eigenvalue weighted by Gasteiger charge is -2.34. The van der Waals surface area contributed by atoms with E-state index in [1.165, 1.54) is 15.3 Å². The molecule has 16 heavy (non-hydrogen) atoms. The van der Waals surface area contributed by atoms with Crippen molar-refractivity contribution in [1.82, 2.24) is 5.32 Å². The lowest BCUT2D eigenvalue weighted by molar-refractivity contribution is 0.0446. The molecule has 0 spiro atoms. The molecule has 0 radical (unpaired) electrons. The first-order valence-corrected chi connectivity index (χ1v) is 6.79. The van der Waals surface area contributed by atoms with Crippen molar-refractivity contribution in [2.24, 2.45) is 0 Å². The number of ether oxygens (including phenoxy) is 1. The largest absolute Gasteiger partial charge is 0.381 e. The Balaban J connectivity index is 1.93. The molecular formula is C13H21NOS. The molecule has 1 aromatic rings. The molecule has 90 valence electrons. The number of nitrogens with one attached hydrogen (secondary N) is 1. The van der Waals surface area contributed by atoms with Gasteiger partial charge in [0.15, 0.2) is 0 Å². The topological polar surface area (TPSA) is 21.3 Å². The zero-order chi connectivity index (χ0) is 11.6. The molecule has 2 nitrogen and oxygen atoms in total. The number of thiophene rings is 1. The first-order valence-electron chi connectivity index (χ1n) is 5.98. The van der Waals surface area contributed by atoms with Crippen LogP contribution < -0.4 is 5.32 Å². The highest BCUT2D eigenvalue weighted by Crippen LogP contribution is 2.24. The average Bonchev–Trinajstić information content (AvgIpc) is 2.56. The minimum atomic E-state index is 0.264. The van der Waals surface area contributed by atoms with Crippen LogP contribution in [0.3, 0.4) is 0 Å². The summed E-state index contributed by atoms with van der Waals surface area (Å²) in [6, 6.07) is 2.30. The molecule has 0 bridgehead atoms. The van der Waals surface area contributed by atoms with Crippen LogP contribution in [0.1, 0.15) is 35.1 Å². The summed E-state index contributed by atoms with van der Waals surface area (Å²) >= 11 is 1.89. The van der Waals surface area contributed by atoms with E-state index in [4.69, 9.17) is 4.74 Å². The molecule has 0 saturated carbocycles. The number of aryl methyl sites for hydroxylation is 2. The third-order valence-electron chi connectivity index (χ3n) is 3.45. The Bertz CT molecular complexity index is 353. The predicted molar refractivity (Wildman–Crippen MR) is 69.1 cm³/mol. The van der Waals surface area contributed by atoms with Gasteiger partial charge in [-0.3, -0.25) is 0 Å². The molecule has 0 amide bonds. The maximum atomic E-state index is 5.41. The highest BCUT2D eigenvalue weighted by atomic mass is 32.1. The second-order valence-corrected chi connectivity index (χ2v) is 6.43. The maximum absolute atomic E-state index is 5.41. The van der Waals surface area contributed by atoms with E-state index in [2.05, 4.69) is 32.2 Å². The van der Waals surface area contributed by atoms with Crippen molar-refractivity contribution < 1.29 is 4.74 Å². The fourth-order valence-corrected chi connectivity index (χ4v) is 3.11. The van der Waals surface area contributed by atoms with Crippen molar-refractivity contribution in [2.75, 3.05) is 13.2 Å². The van der Waals surface area contributed by atoms with Gasteiger partial charge in [-0.1, -0.05) is 0 Å². The van der Waals surface area contributed by atoms with Crippen LogP contribution in [0.4, 0.5) is 0 Å². The van der Waals surface area contributed by atoms with Crippen LogP contribution in [-0.2, 0) is 11.3 Å². The summed E-state index contributed by atoms with van der Waals surface area (Å²) in [6.45, 7) is 9.48. The molecular weight excluding hydrogens is 218 g/mol. The summed E-state index contributed by atoms with van der Waals surface area (Å²) in [5, 5.41) is 3.70. The maximum Gasteiger partial charge on any atom is 0.0483 e. The van der Waals surface area contributed by atoms with E-state index in [9.17, 15) is 0 Å². The zero-order valence-electron chi connectivity index (χ0n) is 10.4. The molecule has 3 heteroatoms. The molecule has 0 atom stereocenters. The number of rotatable bonds is 3. The molecule has 0 unspecified atom stereocenters. The Labute approximate surface area is 102 Å². The lowest BCUT2D eigenvalue weighted by atomic mass is 9.92. The van der Waals surface area contributed by atoms with E-state index in [0.29, 0.717) is 0 Å². The monoisotopic (exact) mass is 239 g/mol. The first kappa shape index (κ1) is 12.1. The second kappa shape index (κ2) is 4.86. The third-order valence-corrected chi connectivity index (χ3v) is 4.45. The Morgan fingerprint density at radius 3 is 2.62 bits per heavy atom. The van der Waals surface area contributed by atoms with Crippen LogP contribution in [0.15, 0.2) is 6.07 Å². The minimum Gasteiger partial charge on any atom is -0.381 e. The van der Waals surface area contributed by atoms with Crippen LogP contribution in [0.25, 0.3) is 0 Å². The van der Waals surface area contributed by atoms with Gasteiger partial charge in [-0.25, -0.2) is 0 Å². The Morgan fingerprint density at radius 1 is 1.38 bits per heavy atom. The van der Waals surface area contributed by atoms with E-state index in [1.807, 2.05) is 11.3 Å². The van der Waals surface area contributed by atoms with Crippen LogP contribution in [0, 0.1) is 13.8 Å². The summed E-state index contributed by atoms with van der Waals surface area (Å²) < 4.78 is 5.41. The normalized spacial score (nSPS) is 19.9. The van der Waals surface area contributed by atoms with Crippen molar-refractivity contribution in [3.63, 3.8) is 0 Å². The van der Waals surface area contributed by atoms with Gasteiger partial charge in [0.25, 0.3) is 0 Å². The summed E-state index contributed by atoms with van der Waals surface area (Å²) in [5.41, 5.74) is 1.72. The number of hydrogen-bond donors (Lipinski definition) is 1. The van der Waals surface area contributed by atoms with Gasteiger partial charge >= 0.3 is 0 Å². The average molecular weight is 239 g/mol. The highest BCUT2D eigenvalue weighted by Gasteiger charge is 2.26. The lowest BCUT2D eigenvalue weighted by Crippen LogP contribution is -2.46. The summed E-state index contributed by atoms with van der Waals surface area (Å²) in [4.78, 5) is 2.85. The molecule has 1 fully saturated rings. The Morgan fingerprint density at radius 2 is 2.06 bits per heavy atom. The van der Waals surface area contributed by atoms with E-state index < -0.39 is 0 Å². The second-order valence-electron chi connectivity index (χ2n) is 4.97. The SMILES string of the molecule is Cc1cc(CNC2(C)CCOCC2)c(C)s1. The van der Waals surface area contributed by atoms with Gasteiger partial charge in [-0.2, -0.15) is 0 Å². The molecule has 0 aliphatic carbocycles. The van der Waals surface area contributed by atoms with Crippen LogP contribution in [0.2, 0.25) is 0 Å². The Kier molecular flexibility index (Phi) is 3.67. The molecule has 0 aromatic carbocycles. The molecule has 1 aliphatic rings. The fraction of sp³-hybridized carbons (Fsp3) is 0.692. The van der Waals surface area contributed by atoms with Gasteiger partial charge < -0.3 is 10.1 Å². The zero-order valence-corrected chi connectivity index (χ0v) is 11.2. The quantitative estimate of drug-likeness (QED) is 0.875. The van der Waals surface area contributed by atoms with E-state index in [-0.39, 0.29) is 5.54 Å². The van der Waals surface area contributed by atoms with Crippen LogP contribution >= 0.6 is 11.3 Å². The van der Waals surface area contributed by atoms with Gasteiger partial charge in [-0.05, 0) is 45.2 Å². The molecule has 1 aromatic heterocycles. The van der Waals surface area contributed by atoms with Gasteiger partial charge in [0, 0.05) is 35.1 Å². The van der Waals surface area contributed by atoms with Crippen molar-refractivity contribution >= 4 is 11.3 Å². The Hall–Kier alpha value is -0.380. The van der Waals surface area contributed by atoms with Crippen LogP contribution in [-0.4, -0.2) is 18.8 Å². The fourth-order valence-electron chi connectivity index (χ4n) is 2.17. The summed E-state index contributed by atoms with van der Waals surface area (Å²) in [5.74, 6) is 0. The minimum absolute atomic E-state index is 0.264. The van der Waals surface area contributed by atoms with Crippen LogP contribution in [0.5, 0.6) is 0 Å². The van der Waals surface area contributed by atoms with E-state index >= 15 is 0 Å². The predicted octanol–water partition coefficient (Wildman–Crippen LogP) is 3.02. The molecule has 2 heterocycles. The molecule has 1 aliphatic heterocycles. The molecule has 1 N–H and O–H groups in total. The smallest absolute Gasteiger partial charge is 0.0483 e. The standard InChI is InChI=1S/C13H21NOS/c1-10-8-12(11(2)16-10)9-14-13(3)4-6-15-7-5-13/h8,14H,4-7,9H2,1-3H3. The summed E-state index contributed by atoms with van der Waals surface area (Å²) in [6.07, 6.45) is 2.24. The first-order chi connectivity index (χ1) is 7.59. The summed E-state index contributed by atoms with van der Waals surface area (Å²) in [7, 11) is 0. The van der Waals surface area contributed by atoms with E-state index in [1.54, 1.807) is 0 Å². The molecule has 2 rings (SSSR count). The van der Waals surface area contributed by atoms with Crippen molar-refractivity contribution in [3.05, 3.63) is 21.4 Å². The van der Waals surface area contributed by atoms with Crippen molar-refractivity contribution in [2.45, 2.75) is 45.7 Å². The number of hydrogen-bond acceptors (Lipinski definition) is 3. The molecule has 1 saturated heterocycles. The highest BCUT2D eigenvalue weighted by molar-refractivity contribution is 7.12. The van der Waals surface area contributed by atoms with Gasteiger partial charge in [0.05, 0.1) is 0 Å². The van der Waals surface area contributed by atoms with Crippen molar-refractivity contribution in [1.29, 1.82) is 0 Å². The van der Waals surface area contributed by atoms with Gasteiger partial charge in [-0.15, -0.1) is 11.3 Å².